The van der Waals surface area contributed by atoms with Crippen LogP contribution in [0.3, 0.4) is 0 Å². The molecule has 0 saturated carbocycles. The van der Waals surface area contributed by atoms with E-state index < -0.39 is 0 Å². The number of aryl methyl sites for hydroxylation is 1. The summed E-state index contributed by atoms with van der Waals surface area (Å²) in [6.07, 6.45) is 2.82. The largest absolute Gasteiger partial charge is 0.351 e. The normalized spacial score (nSPS) is 10.3. The van der Waals surface area contributed by atoms with Crippen LogP contribution in [0.4, 0.5) is 17.5 Å². The van der Waals surface area contributed by atoms with Crippen molar-refractivity contribution in [3.63, 3.8) is 0 Å². The molecule has 0 aliphatic heterocycles. The highest BCUT2D eigenvalue weighted by Crippen LogP contribution is 2.23. The van der Waals surface area contributed by atoms with Crippen LogP contribution in [0.25, 0.3) is 11.3 Å². The topological polar surface area (TPSA) is 49.8 Å². The number of hydrogen-bond acceptors (Lipinski definition) is 4. The van der Waals surface area contributed by atoms with Crippen molar-refractivity contribution in [3.05, 3.63) is 78.9 Å². The summed E-state index contributed by atoms with van der Waals surface area (Å²) in [5.74, 6) is 1.33. The van der Waals surface area contributed by atoms with Crippen LogP contribution in [0.2, 0.25) is 0 Å². The van der Waals surface area contributed by atoms with Gasteiger partial charge in [-0.1, -0.05) is 55.5 Å². The summed E-state index contributed by atoms with van der Waals surface area (Å²) in [5.41, 5.74) is 4.24. The number of aromatic nitrogens is 2. The number of benzene rings is 2. The first-order chi connectivity index (χ1) is 12.3. The first-order valence-electron chi connectivity index (χ1n) is 8.43. The molecular formula is C21H22N4. The fourth-order valence-corrected chi connectivity index (χ4v) is 2.48. The Morgan fingerprint density at radius 2 is 1.76 bits per heavy atom. The fourth-order valence-electron chi connectivity index (χ4n) is 2.48. The van der Waals surface area contributed by atoms with E-state index in [2.05, 4.69) is 58.4 Å². The number of nitrogens with one attached hydrogen (secondary N) is 2. The predicted molar refractivity (Wildman–Crippen MR) is 105 cm³/mol. The second-order valence-corrected chi connectivity index (χ2v) is 5.67. The van der Waals surface area contributed by atoms with Gasteiger partial charge in [0.1, 0.15) is 5.82 Å². The molecule has 0 unspecified atom stereocenters. The Kier molecular flexibility index (Phi) is 5.42. The van der Waals surface area contributed by atoms with Crippen LogP contribution < -0.4 is 10.6 Å². The number of rotatable bonds is 7. The average molecular weight is 330 g/mol. The molecule has 0 radical (unpaired) electrons. The van der Waals surface area contributed by atoms with Crippen molar-refractivity contribution in [1.29, 1.82) is 0 Å². The van der Waals surface area contributed by atoms with Gasteiger partial charge in [0, 0.05) is 23.9 Å². The molecule has 0 bridgehead atoms. The summed E-state index contributed by atoms with van der Waals surface area (Å²) in [6, 6.07) is 20.4. The van der Waals surface area contributed by atoms with Crippen molar-refractivity contribution < 1.29 is 0 Å². The molecule has 3 aromatic rings. The molecule has 4 heteroatoms. The SMILES string of the molecule is C=CCNc1nc(Nc2ccc(CC)cc2)cc(-c2ccccc2)n1. The Balaban J connectivity index is 1.92. The highest BCUT2D eigenvalue weighted by atomic mass is 15.1. The fraction of sp³-hybridized carbons (Fsp3) is 0.143. The lowest BCUT2D eigenvalue weighted by Gasteiger charge is -2.11. The van der Waals surface area contributed by atoms with Crippen molar-refractivity contribution in [2.45, 2.75) is 13.3 Å². The molecule has 126 valence electrons. The molecule has 4 nitrogen and oxygen atoms in total. The Hall–Kier alpha value is -3.14. The summed E-state index contributed by atoms with van der Waals surface area (Å²) >= 11 is 0. The van der Waals surface area contributed by atoms with Gasteiger partial charge in [0.05, 0.1) is 5.69 Å². The number of anilines is 3. The van der Waals surface area contributed by atoms with Gasteiger partial charge in [0.15, 0.2) is 0 Å². The van der Waals surface area contributed by atoms with E-state index >= 15 is 0 Å². The average Bonchev–Trinajstić information content (AvgIpc) is 2.67. The Morgan fingerprint density at radius 3 is 2.44 bits per heavy atom. The Bertz CT molecular complexity index is 826. The van der Waals surface area contributed by atoms with Crippen LogP contribution in [-0.4, -0.2) is 16.5 Å². The number of nitrogens with zero attached hydrogens (tertiary/aromatic N) is 2. The zero-order valence-electron chi connectivity index (χ0n) is 14.4. The summed E-state index contributed by atoms with van der Waals surface area (Å²) in [6.45, 7) is 6.49. The van der Waals surface area contributed by atoms with E-state index in [1.165, 1.54) is 5.56 Å². The van der Waals surface area contributed by atoms with E-state index in [-0.39, 0.29) is 0 Å². The first kappa shape index (κ1) is 16.7. The molecule has 0 fully saturated rings. The van der Waals surface area contributed by atoms with Crippen LogP contribution in [0.15, 0.2) is 73.3 Å². The highest BCUT2D eigenvalue weighted by molar-refractivity contribution is 5.67. The quantitative estimate of drug-likeness (QED) is 0.595. The summed E-state index contributed by atoms with van der Waals surface area (Å²) in [5, 5.41) is 6.53. The smallest absolute Gasteiger partial charge is 0.225 e. The van der Waals surface area contributed by atoms with Crippen molar-refractivity contribution in [1.82, 2.24) is 9.97 Å². The minimum absolute atomic E-state index is 0.578. The molecule has 0 amide bonds. The molecule has 0 spiro atoms. The minimum Gasteiger partial charge on any atom is -0.351 e. The lowest BCUT2D eigenvalue weighted by molar-refractivity contribution is 1.12. The molecule has 0 aliphatic rings. The van der Waals surface area contributed by atoms with Gasteiger partial charge in [-0.3, -0.25) is 0 Å². The minimum atomic E-state index is 0.578. The van der Waals surface area contributed by atoms with Gasteiger partial charge < -0.3 is 10.6 Å². The van der Waals surface area contributed by atoms with Gasteiger partial charge in [-0.25, -0.2) is 4.98 Å². The first-order valence-corrected chi connectivity index (χ1v) is 8.43. The third kappa shape index (κ3) is 4.44. The molecular weight excluding hydrogens is 308 g/mol. The van der Waals surface area contributed by atoms with E-state index in [1.807, 2.05) is 36.4 Å². The van der Waals surface area contributed by atoms with Gasteiger partial charge in [-0.05, 0) is 24.1 Å². The second kappa shape index (κ2) is 8.11. The third-order valence-electron chi connectivity index (χ3n) is 3.83. The Labute approximate surface area is 148 Å². The van der Waals surface area contributed by atoms with Crippen molar-refractivity contribution in [2.75, 3.05) is 17.2 Å². The second-order valence-electron chi connectivity index (χ2n) is 5.67. The van der Waals surface area contributed by atoms with Crippen molar-refractivity contribution >= 4 is 17.5 Å². The third-order valence-corrected chi connectivity index (χ3v) is 3.83. The van der Waals surface area contributed by atoms with E-state index in [0.717, 1.165) is 29.2 Å². The van der Waals surface area contributed by atoms with Crippen molar-refractivity contribution in [3.8, 4) is 11.3 Å². The van der Waals surface area contributed by atoms with E-state index in [4.69, 9.17) is 0 Å². The molecule has 0 saturated heterocycles. The van der Waals surface area contributed by atoms with Crippen LogP contribution in [0, 0.1) is 0 Å². The Morgan fingerprint density at radius 1 is 1.00 bits per heavy atom. The number of hydrogen-bond donors (Lipinski definition) is 2. The van der Waals surface area contributed by atoms with Gasteiger partial charge >= 0.3 is 0 Å². The molecule has 1 heterocycles. The van der Waals surface area contributed by atoms with Gasteiger partial charge in [0.2, 0.25) is 5.95 Å². The maximum absolute atomic E-state index is 4.60. The van der Waals surface area contributed by atoms with Crippen LogP contribution in [0.5, 0.6) is 0 Å². The zero-order valence-corrected chi connectivity index (χ0v) is 14.4. The van der Waals surface area contributed by atoms with Gasteiger partial charge in [0.25, 0.3) is 0 Å². The standard InChI is InChI=1S/C21H22N4/c1-3-14-22-21-24-19(17-8-6-5-7-9-17)15-20(25-21)23-18-12-10-16(4-2)11-13-18/h3,5-13,15H,1,4,14H2,2H3,(H2,22,23,24,25). The van der Waals surface area contributed by atoms with Gasteiger partial charge in [-0.15, -0.1) is 6.58 Å². The monoisotopic (exact) mass is 330 g/mol. The lowest BCUT2D eigenvalue weighted by Crippen LogP contribution is -2.06. The summed E-state index contributed by atoms with van der Waals surface area (Å²) < 4.78 is 0. The molecule has 3 rings (SSSR count). The van der Waals surface area contributed by atoms with E-state index in [1.54, 1.807) is 6.08 Å². The molecule has 1 aromatic heterocycles. The van der Waals surface area contributed by atoms with Crippen LogP contribution >= 0.6 is 0 Å². The summed E-state index contributed by atoms with van der Waals surface area (Å²) in [4.78, 5) is 9.15. The highest BCUT2D eigenvalue weighted by Gasteiger charge is 2.07. The van der Waals surface area contributed by atoms with Crippen molar-refractivity contribution in [2.24, 2.45) is 0 Å². The summed E-state index contributed by atoms with van der Waals surface area (Å²) in [7, 11) is 0. The van der Waals surface area contributed by atoms with Crippen LogP contribution in [-0.2, 0) is 6.42 Å². The molecule has 0 aliphatic carbocycles. The molecule has 0 atom stereocenters. The van der Waals surface area contributed by atoms with E-state index in [0.29, 0.717) is 12.5 Å². The van der Waals surface area contributed by atoms with Gasteiger partial charge in [-0.2, -0.15) is 4.98 Å². The van der Waals surface area contributed by atoms with Crippen LogP contribution in [0.1, 0.15) is 12.5 Å². The maximum atomic E-state index is 4.60. The maximum Gasteiger partial charge on any atom is 0.225 e. The zero-order chi connectivity index (χ0) is 17.5. The lowest BCUT2D eigenvalue weighted by atomic mass is 10.1. The molecule has 2 N–H and O–H groups in total. The van der Waals surface area contributed by atoms with E-state index in [9.17, 15) is 0 Å². The molecule has 25 heavy (non-hydrogen) atoms. The predicted octanol–water partition coefficient (Wildman–Crippen LogP) is 5.05. The molecule has 2 aromatic carbocycles.